The second-order valence-electron chi connectivity index (χ2n) is 5.98. The van der Waals surface area contributed by atoms with Crippen LogP contribution in [0.2, 0.25) is 0 Å². The molecule has 1 fully saturated rings. The lowest BCUT2D eigenvalue weighted by Crippen LogP contribution is -2.44. The molecule has 1 aliphatic rings. The summed E-state index contributed by atoms with van der Waals surface area (Å²) in [5.74, 6) is 1.07. The highest BCUT2D eigenvalue weighted by Gasteiger charge is 2.22. The van der Waals surface area contributed by atoms with Crippen LogP contribution in [0.4, 0.5) is 0 Å². The number of nitrogens with one attached hydrogen (secondary N) is 1. The minimum Gasteiger partial charge on any atom is -0.338 e. The van der Waals surface area contributed by atoms with E-state index in [1.165, 1.54) is 19.3 Å². The van der Waals surface area contributed by atoms with Gasteiger partial charge in [-0.25, -0.2) is 0 Å². The summed E-state index contributed by atoms with van der Waals surface area (Å²) in [6, 6.07) is 0. The molecule has 0 radical (unpaired) electrons. The Labute approximate surface area is 124 Å². The van der Waals surface area contributed by atoms with Crippen molar-refractivity contribution in [3.8, 4) is 0 Å². The van der Waals surface area contributed by atoms with Gasteiger partial charge >= 0.3 is 0 Å². The number of piperidine rings is 1. The summed E-state index contributed by atoms with van der Waals surface area (Å²) in [5.41, 5.74) is 1.05. The normalized spacial score (nSPS) is 17.1. The van der Waals surface area contributed by atoms with Crippen LogP contribution in [-0.4, -0.2) is 62.0 Å². The number of likely N-dealkylation sites (tertiary alicyclic amines) is 1. The van der Waals surface area contributed by atoms with Crippen molar-refractivity contribution in [1.29, 1.82) is 0 Å². The summed E-state index contributed by atoms with van der Waals surface area (Å²) < 4.78 is 0. The van der Waals surface area contributed by atoms with Crippen LogP contribution < -0.4 is 5.32 Å². The van der Waals surface area contributed by atoms with E-state index in [0.29, 0.717) is 13.1 Å². The van der Waals surface area contributed by atoms with E-state index in [0.717, 1.165) is 37.7 Å². The lowest BCUT2D eigenvalue weighted by Gasteiger charge is -2.33. The molecule has 4 heteroatoms. The first-order valence-electron chi connectivity index (χ1n) is 7.85. The number of nitrogens with zero attached hydrogens (tertiary/aromatic N) is 2. The summed E-state index contributed by atoms with van der Waals surface area (Å²) in [7, 11) is 2.01. The van der Waals surface area contributed by atoms with Crippen molar-refractivity contribution in [2.24, 2.45) is 5.92 Å². The molecule has 1 amide bonds. The topological polar surface area (TPSA) is 35.6 Å². The Kier molecular flexibility index (Phi) is 7.85. The first-order valence-corrected chi connectivity index (χ1v) is 7.85. The van der Waals surface area contributed by atoms with Gasteiger partial charge in [0, 0.05) is 13.1 Å². The van der Waals surface area contributed by atoms with Gasteiger partial charge in [-0.3, -0.25) is 9.69 Å². The first-order chi connectivity index (χ1) is 9.56. The Morgan fingerprint density at radius 2 is 2.05 bits per heavy atom. The molecule has 0 atom stereocenters. The zero-order chi connectivity index (χ0) is 15.0. The minimum atomic E-state index is 0.240. The molecule has 1 saturated heterocycles. The number of carbonyl (C=O) groups is 1. The van der Waals surface area contributed by atoms with Crippen molar-refractivity contribution in [2.75, 3.05) is 46.3 Å². The van der Waals surface area contributed by atoms with Crippen LogP contribution in [0.3, 0.4) is 0 Å². The van der Waals surface area contributed by atoms with E-state index in [1.54, 1.807) is 0 Å². The van der Waals surface area contributed by atoms with Gasteiger partial charge in [-0.15, -0.1) is 0 Å². The van der Waals surface area contributed by atoms with Gasteiger partial charge in [-0.2, -0.15) is 0 Å². The van der Waals surface area contributed by atoms with E-state index < -0.39 is 0 Å². The molecule has 0 bridgehead atoms. The molecule has 1 heterocycles. The van der Waals surface area contributed by atoms with Crippen molar-refractivity contribution in [2.45, 2.75) is 33.1 Å². The van der Waals surface area contributed by atoms with Gasteiger partial charge in [0.2, 0.25) is 5.91 Å². The standard InChI is InChI=1S/C16H31N3O/c1-5-19(12-14(2)3)16(20)13-18-10-7-15(8-11-18)6-9-17-4/h15,17H,2,5-13H2,1,3-4H3. The number of likely N-dealkylation sites (N-methyl/N-ethyl adjacent to an activating group) is 1. The zero-order valence-electron chi connectivity index (χ0n) is 13.5. The van der Waals surface area contributed by atoms with Crippen LogP contribution in [0.15, 0.2) is 12.2 Å². The van der Waals surface area contributed by atoms with Crippen molar-refractivity contribution < 1.29 is 4.79 Å². The maximum absolute atomic E-state index is 12.3. The molecule has 0 aromatic rings. The van der Waals surface area contributed by atoms with Gasteiger partial charge in [-0.1, -0.05) is 12.2 Å². The lowest BCUT2D eigenvalue weighted by atomic mass is 9.93. The molecule has 0 saturated carbocycles. The highest BCUT2D eigenvalue weighted by Crippen LogP contribution is 2.19. The smallest absolute Gasteiger partial charge is 0.237 e. The van der Waals surface area contributed by atoms with Crippen LogP contribution in [0.1, 0.15) is 33.1 Å². The predicted molar refractivity (Wildman–Crippen MR) is 84.8 cm³/mol. The quantitative estimate of drug-likeness (QED) is 0.688. The van der Waals surface area contributed by atoms with Gasteiger partial charge in [0.25, 0.3) is 0 Å². The highest BCUT2D eigenvalue weighted by atomic mass is 16.2. The van der Waals surface area contributed by atoms with Crippen molar-refractivity contribution in [3.63, 3.8) is 0 Å². The molecule has 0 spiro atoms. The van der Waals surface area contributed by atoms with E-state index in [4.69, 9.17) is 0 Å². The maximum atomic E-state index is 12.3. The fourth-order valence-corrected chi connectivity index (χ4v) is 2.78. The fraction of sp³-hybridized carbons (Fsp3) is 0.812. The third-order valence-corrected chi connectivity index (χ3v) is 4.06. The Hall–Kier alpha value is -0.870. The van der Waals surface area contributed by atoms with Gasteiger partial charge < -0.3 is 10.2 Å². The number of hydrogen-bond donors (Lipinski definition) is 1. The summed E-state index contributed by atoms with van der Waals surface area (Å²) in [4.78, 5) is 16.5. The van der Waals surface area contributed by atoms with E-state index in [1.807, 2.05) is 25.8 Å². The monoisotopic (exact) mass is 281 g/mol. The third-order valence-electron chi connectivity index (χ3n) is 4.06. The van der Waals surface area contributed by atoms with Crippen LogP contribution in [0.25, 0.3) is 0 Å². The molecule has 116 valence electrons. The summed E-state index contributed by atoms with van der Waals surface area (Å²) in [6.07, 6.45) is 3.71. The molecule has 4 nitrogen and oxygen atoms in total. The van der Waals surface area contributed by atoms with Crippen molar-refractivity contribution >= 4 is 5.91 Å². The zero-order valence-corrected chi connectivity index (χ0v) is 13.5. The van der Waals surface area contributed by atoms with Gasteiger partial charge in [0.1, 0.15) is 0 Å². The Morgan fingerprint density at radius 3 is 2.55 bits per heavy atom. The molecule has 1 aliphatic heterocycles. The summed E-state index contributed by atoms with van der Waals surface area (Å²) in [6.45, 7) is 13.2. The van der Waals surface area contributed by atoms with Gasteiger partial charge in [-0.05, 0) is 65.7 Å². The van der Waals surface area contributed by atoms with Gasteiger partial charge in [0.15, 0.2) is 0 Å². The summed E-state index contributed by atoms with van der Waals surface area (Å²) in [5, 5.41) is 3.22. The number of amides is 1. The average Bonchev–Trinajstić information content (AvgIpc) is 2.43. The number of hydrogen-bond acceptors (Lipinski definition) is 3. The summed E-state index contributed by atoms with van der Waals surface area (Å²) >= 11 is 0. The molecule has 1 rings (SSSR count). The van der Waals surface area contributed by atoms with Crippen LogP contribution in [0.5, 0.6) is 0 Å². The SMILES string of the molecule is C=C(C)CN(CC)C(=O)CN1CCC(CCNC)CC1. The molecule has 0 unspecified atom stereocenters. The van der Waals surface area contributed by atoms with Crippen molar-refractivity contribution in [3.05, 3.63) is 12.2 Å². The molecule has 0 aromatic heterocycles. The second-order valence-corrected chi connectivity index (χ2v) is 5.98. The fourth-order valence-electron chi connectivity index (χ4n) is 2.78. The third kappa shape index (κ3) is 6.06. The number of rotatable bonds is 8. The Morgan fingerprint density at radius 1 is 1.40 bits per heavy atom. The van der Waals surface area contributed by atoms with E-state index >= 15 is 0 Å². The lowest BCUT2D eigenvalue weighted by molar-refractivity contribution is -0.132. The molecular formula is C16H31N3O. The molecule has 0 aromatic carbocycles. The maximum Gasteiger partial charge on any atom is 0.237 e. The molecular weight excluding hydrogens is 250 g/mol. The van der Waals surface area contributed by atoms with Gasteiger partial charge in [0.05, 0.1) is 6.54 Å². The Bertz CT molecular complexity index is 309. The predicted octanol–water partition coefficient (Wildman–Crippen LogP) is 1.73. The first kappa shape index (κ1) is 17.2. The van der Waals surface area contributed by atoms with Crippen molar-refractivity contribution in [1.82, 2.24) is 15.1 Å². The largest absolute Gasteiger partial charge is 0.338 e. The Balaban J connectivity index is 2.31. The molecule has 1 N–H and O–H groups in total. The second kappa shape index (κ2) is 9.14. The molecule has 0 aliphatic carbocycles. The highest BCUT2D eigenvalue weighted by molar-refractivity contribution is 5.78. The minimum absolute atomic E-state index is 0.240. The van der Waals surface area contributed by atoms with Crippen LogP contribution in [-0.2, 0) is 4.79 Å². The van der Waals surface area contributed by atoms with E-state index in [-0.39, 0.29) is 5.91 Å². The van der Waals surface area contributed by atoms with E-state index in [9.17, 15) is 4.79 Å². The van der Waals surface area contributed by atoms with Crippen LogP contribution in [0, 0.1) is 5.92 Å². The van der Waals surface area contributed by atoms with Crippen LogP contribution >= 0.6 is 0 Å². The number of carbonyl (C=O) groups excluding carboxylic acids is 1. The van der Waals surface area contributed by atoms with E-state index in [2.05, 4.69) is 16.8 Å². The molecule has 20 heavy (non-hydrogen) atoms. The average molecular weight is 281 g/mol.